The molecule has 0 aliphatic carbocycles. The van der Waals surface area contributed by atoms with Crippen LogP contribution in [0.2, 0.25) is 0 Å². The van der Waals surface area contributed by atoms with Crippen molar-refractivity contribution in [2.45, 2.75) is 0 Å². The standard InChI is InChI=1S/C17H10O2/c18-17(19)16-13-7-6-12-15(16)11-5-4-10-14-8-2-1-3-9-14/h1-3,6-9,12-13H,(H,18,19). The van der Waals surface area contributed by atoms with Gasteiger partial charge in [0.1, 0.15) is 0 Å². The van der Waals surface area contributed by atoms with Gasteiger partial charge in [0, 0.05) is 11.1 Å². The second-order valence-corrected chi connectivity index (χ2v) is 3.72. The zero-order valence-corrected chi connectivity index (χ0v) is 10.1. The van der Waals surface area contributed by atoms with Crippen LogP contribution in [0.3, 0.4) is 0 Å². The van der Waals surface area contributed by atoms with Crippen molar-refractivity contribution in [3.8, 4) is 23.7 Å². The third kappa shape index (κ3) is 3.49. The van der Waals surface area contributed by atoms with Crippen molar-refractivity contribution < 1.29 is 9.90 Å². The van der Waals surface area contributed by atoms with E-state index < -0.39 is 5.97 Å². The first-order valence-corrected chi connectivity index (χ1v) is 5.67. The minimum absolute atomic E-state index is 0.191. The summed E-state index contributed by atoms with van der Waals surface area (Å²) in [5.74, 6) is 10.1. The van der Waals surface area contributed by atoms with Crippen molar-refractivity contribution >= 4 is 5.97 Å². The minimum Gasteiger partial charge on any atom is -0.478 e. The van der Waals surface area contributed by atoms with Crippen molar-refractivity contribution in [2.24, 2.45) is 0 Å². The molecule has 0 aliphatic rings. The van der Waals surface area contributed by atoms with Gasteiger partial charge in [0.2, 0.25) is 0 Å². The Kier molecular flexibility index (Phi) is 4.01. The molecule has 2 aromatic carbocycles. The molecule has 0 aromatic heterocycles. The summed E-state index contributed by atoms with van der Waals surface area (Å²) in [5, 5.41) is 9.00. The van der Waals surface area contributed by atoms with Gasteiger partial charge in [-0.3, -0.25) is 0 Å². The van der Waals surface area contributed by atoms with E-state index in [-0.39, 0.29) is 5.56 Å². The fourth-order valence-corrected chi connectivity index (χ4v) is 1.50. The Hall–Kier alpha value is -2.97. The maximum Gasteiger partial charge on any atom is 0.336 e. The number of hydrogen-bond donors (Lipinski definition) is 1. The highest BCUT2D eigenvalue weighted by Gasteiger charge is 2.05. The first-order valence-electron chi connectivity index (χ1n) is 5.67. The lowest BCUT2D eigenvalue weighted by molar-refractivity contribution is 0.0696. The van der Waals surface area contributed by atoms with Gasteiger partial charge in [-0.2, -0.15) is 0 Å². The summed E-state index contributed by atoms with van der Waals surface area (Å²) < 4.78 is 0. The van der Waals surface area contributed by atoms with E-state index in [1.807, 2.05) is 30.3 Å². The number of hydrogen-bond acceptors (Lipinski definition) is 1. The lowest BCUT2D eigenvalue weighted by Gasteiger charge is -1.96. The first-order chi connectivity index (χ1) is 9.27. The topological polar surface area (TPSA) is 37.3 Å². The van der Waals surface area contributed by atoms with Gasteiger partial charge < -0.3 is 5.11 Å². The molecule has 0 bridgehead atoms. The summed E-state index contributed by atoms with van der Waals surface area (Å²) in [5.41, 5.74) is 1.54. The Balaban J connectivity index is 2.22. The lowest BCUT2D eigenvalue weighted by Crippen LogP contribution is -1.98. The zero-order valence-electron chi connectivity index (χ0n) is 10.1. The summed E-state index contributed by atoms with van der Waals surface area (Å²) in [6.45, 7) is 0. The van der Waals surface area contributed by atoms with Crippen molar-refractivity contribution in [3.63, 3.8) is 0 Å². The molecule has 0 radical (unpaired) electrons. The average Bonchev–Trinajstić information content (AvgIpc) is 2.45. The van der Waals surface area contributed by atoms with Crippen LogP contribution in [0.25, 0.3) is 0 Å². The predicted octanol–water partition coefficient (Wildman–Crippen LogP) is 2.79. The molecule has 0 aliphatic heterocycles. The first kappa shape index (κ1) is 12.5. The van der Waals surface area contributed by atoms with Crippen LogP contribution in [-0.4, -0.2) is 11.1 Å². The Morgan fingerprint density at radius 1 is 0.842 bits per heavy atom. The Morgan fingerprint density at radius 3 is 2.21 bits per heavy atom. The van der Waals surface area contributed by atoms with E-state index in [0.29, 0.717) is 5.56 Å². The number of carboxylic acids is 1. The summed E-state index contributed by atoms with van der Waals surface area (Å²) >= 11 is 0. The number of aromatic carboxylic acids is 1. The molecule has 90 valence electrons. The second-order valence-electron chi connectivity index (χ2n) is 3.72. The van der Waals surface area contributed by atoms with Gasteiger partial charge in [-0.1, -0.05) is 42.2 Å². The molecule has 1 N–H and O–H groups in total. The van der Waals surface area contributed by atoms with E-state index >= 15 is 0 Å². The molecule has 2 rings (SSSR count). The van der Waals surface area contributed by atoms with E-state index in [1.165, 1.54) is 6.07 Å². The van der Waals surface area contributed by atoms with Crippen molar-refractivity contribution in [1.29, 1.82) is 0 Å². The highest BCUT2D eigenvalue weighted by molar-refractivity contribution is 5.90. The molecular formula is C17H10O2. The Labute approximate surface area is 111 Å². The minimum atomic E-state index is -0.985. The van der Waals surface area contributed by atoms with E-state index in [0.717, 1.165) is 5.56 Å². The number of carboxylic acid groups (broad SMARTS) is 1. The van der Waals surface area contributed by atoms with Gasteiger partial charge >= 0.3 is 5.97 Å². The van der Waals surface area contributed by atoms with Gasteiger partial charge in [-0.15, -0.1) is 0 Å². The van der Waals surface area contributed by atoms with E-state index in [2.05, 4.69) is 23.7 Å². The van der Waals surface area contributed by atoms with E-state index in [1.54, 1.807) is 18.2 Å². The normalized spacial score (nSPS) is 8.63. The van der Waals surface area contributed by atoms with Crippen molar-refractivity contribution in [2.75, 3.05) is 0 Å². The fraction of sp³-hybridized carbons (Fsp3) is 0. The third-order valence-corrected chi connectivity index (χ3v) is 2.40. The molecule has 19 heavy (non-hydrogen) atoms. The van der Waals surface area contributed by atoms with Gasteiger partial charge in [-0.05, 0) is 36.1 Å². The van der Waals surface area contributed by atoms with E-state index in [4.69, 9.17) is 5.11 Å². The summed E-state index contributed by atoms with van der Waals surface area (Å²) in [6.07, 6.45) is 0. The predicted molar refractivity (Wildman–Crippen MR) is 73.6 cm³/mol. The fourth-order valence-electron chi connectivity index (χ4n) is 1.50. The van der Waals surface area contributed by atoms with Crippen LogP contribution in [0.5, 0.6) is 0 Å². The summed E-state index contributed by atoms with van der Waals surface area (Å²) in [7, 11) is 0. The van der Waals surface area contributed by atoms with Gasteiger partial charge in [0.05, 0.1) is 5.56 Å². The molecule has 2 aromatic rings. The van der Waals surface area contributed by atoms with Gasteiger partial charge in [-0.25, -0.2) is 4.79 Å². The smallest absolute Gasteiger partial charge is 0.336 e. The molecule has 0 saturated carbocycles. The molecule has 0 amide bonds. The lowest BCUT2D eigenvalue weighted by atomic mass is 10.1. The second kappa shape index (κ2) is 6.10. The Bertz CT molecular complexity index is 707. The molecule has 0 spiro atoms. The largest absolute Gasteiger partial charge is 0.478 e. The quantitative estimate of drug-likeness (QED) is 0.785. The highest BCUT2D eigenvalue weighted by Crippen LogP contribution is 2.06. The van der Waals surface area contributed by atoms with Crippen LogP contribution in [-0.2, 0) is 0 Å². The van der Waals surface area contributed by atoms with Crippen LogP contribution in [0.4, 0.5) is 0 Å². The average molecular weight is 246 g/mol. The molecular weight excluding hydrogens is 236 g/mol. The molecule has 0 heterocycles. The third-order valence-electron chi connectivity index (χ3n) is 2.40. The maximum atomic E-state index is 11.0. The van der Waals surface area contributed by atoms with Gasteiger partial charge in [0.25, 0.3) is 0 Å². The van der Waals surface area contributed by atoms with Crippen molar-refractivity contribution in [1.82, 2.24) is 0 Å². The van der Waals surface area contributed by atoms with Crippen LogP contribution >= 0.6 is 0 Å². The summed E-state index contributed by atoms with van der Waals surface area (Å²) in [6, 6.07) is 16.1. The van der Waals surface area contributed by atoms with Crippen LogP contribution in [0, 0.1) is 23.7 Å². The molecule has 0 unspecified atom stereocenters. The number of carbonyl (C=O) groups is 1. The molecule has 0 saturated heterocycles. The maximum absolute atomic E-state index is 11.0. The number of benzene rings is 2. The van der Waals surface area contributed by atoms with Gasteiger partial charge in [0.15, 0.2) is 0 Å². The van der Waals surface area contributed by atoms with Crippen LogP contribution in [0.1, 0.15) is 21.5 Å². The summed E-state index contributed by atoms with van der Waals surface area (Å²) in [4.78, 5) is 11.0. The molecule has 0 fully saturated rings. The van der Waals surface area contributed by atoms with E-state index in [9.17, 15) is 4.79 Å². The van der Waals surface area contributed by atoms with Crippen LogP contribution < -0.4 is 0 Å². The SMILES string of the molecule is O=C(O)c1ccccc1C#CC#Cc1ccccc1. The highest BCUT2D eigenvalue weighted by atomic mass is 16.4. The van der Waals surface area contributed by atoms with Crippen LogP contribution in [0.15, 0.2) is 54.6 Å². The molecule has 2 heteroatoms. The number of rotatable bonds is 1. The monoisotopic (exact) mass is 246 g/mol. The molecule has 0 atom stereocenters. The Morgan fingerprint density at radius 2 is 1.47 bits per heavy atom. The zero-order chi connectivity index (χ0) is 13.5. The van der Waals surface area contributed by atoms with Crippen molar-refractivity contribution in [3.05, 3.63) is 71.3 Å². The molecule has 2 nitrogen and oxygen atoms in total.